The molecule has 1 N–H and O–H groups in total. The summed E-state index contributed by atoms with van der Waals surface area (Å²) in [6.45, 7) is 8.57. The SMILES string of the molecule is CC(C)c1ccc(-c2cnccc2C(=O)O)c(C(C)C)c1. The topological polar surface area (TPSA) is 50.2 Å². The van der Waals surface area contributed by atoms with E-state index in [4.69, 9.17) is 0 Å². The van der Waals surface area contributed by atoms with Crippen LogP contribution in [0.15, 0.2) is 36.7 Å². The lowest BCUT2D eigenvalue weighted by molar-refractivity contribution is 0.0697. The summed E-state index contributed by atoms with van der Waals surface area (Å²) in [5.41, 5.74) is 4.37. The van der Waals surface area contributed by atoms with Gasteiger partial charge >= 0.3 is 5.97 Å². The highest BCUT2D eigenvalue weighted by atomic mass is 16.4. The molecule has 1 aromatic heterocycles. The number of rotatable bonds is 4. The number of aromatic nitrogens is 1. The summed E-state index contributed by atoms with van der Waals surface area (Å²) in [5.74, 6) is -0.153. The van der Waals surface area contributed by atoms with Crippen LogP contribution in [0.4, 0.5) is 0 Å². The number of benzene rings is 1. The molecule has 0 aliphatic heterocycles. The van der Waals surface area contributed by atoms with Crippen LogP contribution in [-0.2, 0) is 0 Å². The number of pyridine rings is 1. The second kappa shape index (κ2) is 6.08. The maximum atomic E-state index is 11.4. The minimum Gasteiger partial charge on any atom is -0.478 e. The Bertz CT molecular complexity index is 660. The van der Waals surface area contributed by atoms with E-state index in [2.05, 4.69) is 44.8 Å². The van der Waals surface area contributed by atoms with Crippen molar-refractivity contribution in [2.75, 3.05) is 0 Å². The van der Waals surface area contributed by atoms with E-state index in [1.807, 2.05) is 6.07 Å². The molecule has 0 amide bonds. The van der Waals surface area contributed by atoms with Crippen molar-refractivity contribution in [3.8, 4) is 11.1 Å². The van der Waals surface area contributed by atoms with Gasteiger partial charge in [0, 0.05) is 18.0 Å². The summed E-state index contributed by atoms with van der Waals surface area (Å²) < 4.78 is 0. The predicted molar refractivity (Wildman–Crippen MR) is 84.8 cm³/mol. The third-order valence-corrected chi connectivity index (χ3v) is 3.71. The molecule has 0 spiro atoms. The molecule has 1 heterocycles. The Morgan fingerprint density at radius 1 is 1.05 bits per heavy atom. The third kappa shape index (κ3) is 3.13. The first kappa shape index (κ1) is 15.2. The number of carbonyl (C=O) groups is 1. The van der Waals surface area contributed by atoms with E-state index in [-0.39, 0.29) is 0 Å². The molecule has 3 nitrogen and oxygen atoms in total. The smallest absolute Gasteiger partial charge is 0.336 e. The van der Waals surface area contributed by atoms with Crippen molar-refractivity contribution in [3.05, 3.63) is 53.3 Å². The van der Waals surface area contributed by atoms with Crippen LogP contribution in [0.1, 0.15) is 61.0 Å². The lowest BCUT2D eigenvalue weighted by Gasteiger charge is -2.17. The predicted octanol–water partition coefficient (Wildman–Crippen LogP) is 4.69. The van der Waals surface area contributed by atoms with Gasteiger partial charge < -0.3 is 5.11 Å². The van der Waals surface area contributed by atoms with E-state index in [0.717, 1.165) is 11.1 Å². The molecular formula is C18H21NO2. The summed E-state index contributed by atoms with van der Waals surface area (Å²) in [7, 11) is 0. The van der Waals surface area contributed by atoms with Gasteiger partial charge in [-0.05, 0) is 34.6 Å². The van der Waals surface area contributed by atoms with Crippen LogP contribution in [0.5, 0.6) is 0 Å². The van der Waals surface area contributed by atoms with Crippen molar-refractivity contribution in [2.45, 2.75) is 39.5 Å². The summed E-state index contributed by atoms with van der Waals surface area (Å²) in [5, 5.41) is 9.37. The van der Waals surface area contributed by atoms with Crippen LogP contribution in [-0.4, -0.2) is 16.1 Å². The highest BCUT2D eigenvalue weighted by molar-refractivity contribution is 5.96. The summed E-state index contributed by atoms with van der Waals surface area (Å²) >= 11 is 0. The molecule has 0 atom stereocenters. The average molecular weight is 283 g/mol. The van der Waals surface area contributed by atoms with Gasteiger partial charge in [-0.25, -0.2) is 4.79 Å². The Kier molecular flexibility index (Phi) is 4.41. The maximum absolute atomic E-state index is 11.4. The minimum atomic E-state index is -0.921. The molecule has 0 saturated carbocycles. The molecule has 0 fully saturated rings. The molecule has 0 aliphatic carbocycles. The molecule has 0 aliphatic rings. The fourth-order valence-corrected chi connectivity index (χ4v) is 2.46. The normalized spacial score (nSPS) is 11.1. The quantitative estimate of drug-likeness (QED) is 0.885. The van der Waals surface area contributed by atoms with E-state index in [1.165, 1.54) is 11.8 Å². The first-order valence-electron chi connectivity index (χ1n) is 7.23. The zero-order chi connectivity index (χ0) is 15.6. The number of hydrogen-bond acceptors (Lipinski definition) is 2. The Morgan fingerprint density at radius 3 is 2.33 bits per heavy atom. The Labute approximate surface area is 125 Å². The second-order valence-corrected chi connectivity index (χ2v) is 5.88. The third-order valence-electron chi connectivity index (χ3n) is 3.71. The molecule has 3 heteroatoms. The molecular weight excluding hydrogens is 262 g/mol. The van der Waals surface area contributed by atoms with Gasteiger partial charge in [0.1, 0.15) is 0 Å². The number of nitrogens with zero attached hydrogens (tertiary/aromatic N) is 1. The maximum Gasteiger partial charge on any atom is 0.336 e. The molecule has 2 aromatic rings. The number of carboxylic acid groups (broad SMARTS) is 1. The Balaban J connectivity index is 2.67. The summed E-state index contributed by atoms with van der Waals surface area (Å²) in [6, 6.07) is 7.83. The summed E-state index contributed by atoms with van der Waals surface area (Å²) in [6.07, 6.45) is 3.16. The lowest BCUT2D eigenvalue weighted by Crippen LogP contribution is -2.03. The van der Waals surface area contributed by atoms with E-state index in [9.17, 15) is 9.90 Å². The zero-order valence-corrected chi connectivity index (χ0v) is 12.9. The van der Waals surface area contributed by atoms with Crippen molar-refractivity contribution >= 4 is 5.97 Å². The van der Waals surface area contributed by atoms with Gasteiger partial charge in [-0.1, -0.05) is 45.9 Å². The van der Waals surface area contributed by atoms with E-state index < -0.39 is 5.97 Å². The largest absolute Gasteiger partial charge is 0.478 e. The average Bonchev–Trinajstić information content (AvgIpc) is 2.46. The fraction of sp³-hybridized carbons (Fsp3) is 0.333. The van der Waals surface area contributed by atoms with E-state index in [1.54, 1.807) is 12.3 Å². The highest BCUT2D eigenvalue weighted by Crippen LogP contribution is 2.33. The zero-order valence-electron chi connectivity index (χ0n) is 12.9. The molecule has 0 radical (unpaired) electrons. The van der Waals surface area contributed by atoms with Crippen molar-refractivity contribution in [2.24, 2.45) is 0 Å². The van der Waals surface area contributed by atoms with Crippen LogP contribution in [0.2, 0.25) is 0 Å². The van der Waals surface area contributed by atoms with E-state index >= 15 is 0 Å². The molecule has 2 rings (SSSR count). The Hall–Kier alpha value is -2.16. The first-order chi connectivity index (χ1) is 9.91. The van der Waals surface area contributed by atoms with Crippen molar-refractivity contribution in [1.29, 1.82) is 0 Å². The van der Waals surface area contributed by atoms with Gasteiger partial charge in [-0.2, -0.15) is 0 Å². The van der Waals surface area contributed by atoms with E-state index in [0.29, 0.717) is 23.0 Å². The minimum absolute atomic E-state index is 0.296. The molecule has 1 aromatic carbocycles. The van der Waals surface area contributed by atoms with Crippen LogP contribution in [0, 0.1) is 0 Å². The number of hydrogen-bond donors (Lipinski definition) is 1. The molecule has 110 valence electrons. The van der Waals surface area contributed by atoms with Gasteiger partial charge in [-0.3, -0.25) is 4.98 Å². The standard InChI is InChI=1S/C18H21NO2/c1-11(2)13-5-6-14(16(9-13)12(3)4)17-10-19-8-7-15(17)18(20)21/h5-12H,1-4H3,(H,20,21). The first-order valence-corrected chi connectivity index (χ1v) is 7.23. The lowest BCUT2D eigenvalue weighted by atomic mass is 9.88. The van der Waals surface area contributed by atoms with Gasteiger partial charge in [0.15, 0.2) is 0 Å². The van der Waals surface area contributed by atoms with Crippen LogP contribution < -0.4 is 0 Å². The molecule has 0 unspecified atom stereocenters. The monoisotopic (exact) mass is 283 g/mol. The van der Waals surface area contributed by atoms with Gasteiger partial charge in [0.25, 0.3) is 0 Å². The second-order valence-electron chi connectivity index (χ2n) is 5.88. The molecule has 0 saturated heterocycles. The fourth-order valence-electron chi connectivity index (χ4n) is 2.46. The summed E-state index contributed by atoms with van der Waals surface area (Å²) in [4.78, 5) is 15.5. The number of carboxylic acids is 1. The van der Waals surface area contributed by atoms with Crippen LogP contribution >= 0.6 is 0 Å². The van der Waals surface area contributed by atoms with Crippen LogP contribution in [0.3, 0.4) is 0 Å². The van der Waals surface area contributed by atoms with Crippen molar-refractivity contribution in [3.63, 3.8) is 0 Å². The molecule has 21 heavy (non-hydrogen) atoms. The van der Waals surface area contributed by atoms with Crippen molar-refractivity contribution in [1.82, 2.24) is 4.98 Å². The molecule has 0 bridgehead atoms. The van der Waals surface area contributed by atoms with Gasteiger partial charge in [-0.15, -0.1) is 0 Å². The van der Waals surface area contributed by atoms with Gasteiger partial charge in [0.05, 0.1) is 5.56 Å². The Morgan fingerprint density at radius 2 is 1.76 bits per heavy atom. The van der Waals surface area contributed by atoms with Gasteiger partial charge in [0.2, 0.25) is 0 Å². The van der Waals surface area contributed by atoms with Crippen molar-refractivity contribution < 1.29 is 9.90 Å². The van der Waals surface area contributed by atoms with Crippen LogP contribution in [0.25, 0.3) is 11.1 Å². The number of aromatic carboxylic acids is 1. The highest BCUT2D eigenvalue weighted by Gasteiger charge is 2.17.